The number of morpholine rings is 1. The third-order valence-corrected chi connectivity index (χ3v) is 7.65. The second kappa shape index (κ2) is 15.3. The SMILES string of the molecule is O=C(O)C(F)(F)F.O=C(O)C(F)(F)F.O=C1N(Cc2ccsc2)CCOC12CN(CCc1ccccc1)CC2c1cccnc1. The Kier molecular flexibility index (Phi) is 12.1. The molecule has 1 amide bonds. The molecule has 2 fully saturated rings. The Hall–Kier alpha value is -4.02. The topological polar surface area (TPSA) is 120 Å². The highest BCUT2D eigenvalue weighted by Gasteiger charge is 2.56. The van der Waals surface area contributed by atoms with E-state index in [2.05, 4.69) is 57.0 Å². The number of amides is 1. The highest BCUT2D eigenvalue weighted by molar-refractivity contribution is 7.07. The molecular formula is C29H29F6N3O6S. The van der Waals surface area contributed by atoms with Crippen LogP contribution in [0.1, 0.15) is 22.6 Å². The molecule has 16 heteroatoms. The van der Waals surface area contributed by atoms with Crippen LogP contribution in [-0.4, -0.2) is 93.6 Å². The lowest BCUT2D eigenvalue weighted by Gasteiger charge is -2.42. The van der Waals surface area contributed by atoms with Gasteiger partial charge in [-0.15, -0.1) is 0 Å². The van der Waals surface area contributed by atoms with E-state index in [4.69, 9.17) is 24.5 Å². The van der Waals surface area contributed by atoms with Crippen LogP contribution in [0.15, 0.2) is 71.7 Å². The predicted molar refractivity (Wildman–Crippen MR) is 149 cm³/mol. The van der Waals surface area contributed by atoms with Crippen LogP contribution >= 0.6 is 11.3 Å². The maximum atomic E-state index is 13.8. The minimum absolute atomic E-state index is 0.0188. The normalized spacial score (nSPS) is 20.2. The first-order chi connectivity index (χ1) is 21.1. The van der Waals surface area contributed by atoms with Crippen LogP contribution in [0.25, 0.3) is 0 Å². The number of halogens is 6. The summed E-state index contributed by atoms with van der Waals surface area (Å²) >= 11 is 1.67. The van der Waals surface area contributed by atoms with Gasteiger partial charge < -0.3 is 19.8 Å². The van der Waals surface area contributed by atoms with Crippen molar-refractivity contribution in [1.82, 2.24) is 14.8 Å². The van der Waals surface area contributed by atoms with Crippen molar-refractivity contribution in [3.8, 4) is 0 Å². The molecule has 9 nitrogen and oxygen atoms in total. The van der Waals surface area contributed by atoms with Gasteiger partial charge in [0.2, 0.25) is 0 Å². The number of nitrogens with zero attached hydrogens (tertiary/aromatic N) is 3. The fourth-order valence-corrected chi connectivity index (χ4v) is 5.52. The minimum atomic E-state index is -5.08. The summed E-state index contributed by atoms with van der Waals surface area (Å²) in [7, 11) is 0. The maximum Gasteiger partial charge on any atom is 0.490 e. The molecule has 3 aromatic rings. The summed E-state index contributed by atoms with van der Waals surface area (Å²) in [6.07, 6.45) is -5.53. The first kappa shape index (κ1) is 35.5. The number of hydrogen-bond acceptors (Lipinski definition) is 7. The molecule has 0 bridgehead atoms. The summed E-state index contributed by atoms with van der Waals surface area (Å²) in [4.78, 5) is 40.3. The van der Waals surface area contributed by atoms with Gasteiger partial charge in [0.05, 0.1) is 6.61 Å². The van der Waals surface area contributed by atoms with Crippen molar-refractivity contribution in [3.05, 3.63) is 88.4 Å². The molecular weight excluding hydrogens is 632 g/mol. The van der Waals surface area contributed by atoms with Crippen LogP contribution in [0, 0.1) is 0 Å². The summed E-state index contributed by atoms with van der Waals surface area (Å²) in [5.41, 5.74) is 2.74. The summed E-state index contributed by atoms with van der Waals surface area (Å²) in [6.45, 7) is 4.19. The van der Waals surface area contributed by atoms with E-state index in [0.717, 1.165) is 25.1 Å². The number of pyridine rings is 1. The van der Waals surface area contributed by atoms with Gasteiger partial charge in [-0.05, 0) is 46.0 Å². The van der Waals surface area contributed by atoms with Gasteiger partial charge in [-0.3, -0.25) is 14.7 Å². The highest BCUT2D eigenvalue weighted by Crippen LogP contribution is 2.42. The molecule has 2 saturated heterocycles. The molecule has 0 aliphatic carbocycles. The molecule has 2 aliphatic heterocycles. The number of aliphatic carboxylic acids is 2. The number of carboxylic acids is 2. The van der Waals surface area contributed by atoms with Crippen molar-refractivity contribution >= 4 is 29.2 Å². The molecule has 2 N–H and O–H groups in total. The summed E-state index contributed by atoms with van der Waals surface area (Å²) in [5.74, 6) is -5.42. The Morgan fingerprint density at radius 3 is 2.16 bits per heavy atom. The fraction of sp³-hybridized carbons (Fsp3) is 0.379. The zero-order valence-corrected chi connectivity index (χ0v) is 24.3. The zero-order chi connectivity index (χ0) is 33.3. The number of benzene rings is 1. The van der Waals surface area contributed by atoms with Crippen LogP contribution in [0.5, 0.6) is 0 Å². The second-order valence-corrected chi connectivity index (χ2v) is 10.8. The van der Waals surface area contributed by atoms with E-state index in [1.54, 1.807) is 17.5 Å². The van der Waals surface area contributed by atoms with E-state index in [1.165, 1.54) is 11.1 Å². The predicted octanol–water partition coefficient (Wildman–Crippen LogP) is 4.85. The molecule has 2 aromatic heterocycles. The number of ether oxygens (including phenoxy) is 1. The van der Waals surface area contributed by atoms with Gasteiger partial charge in [0.25, 0.3) is 5.91 Å². The van der Waals surface area contributed by atoms with E-state index >= 15 is 0 Å². The molecule has 1 spiro atoms. The molecule has 2 aliphatic rings. The third kappa shape index (κ3) is 9.99. The molecule has 4 heterocycles. The van der Waals surface area contributed by atoms with Crippen LogP contribution in [0.4, 0.5) is 26.3 Å². The van der Waals surface area contributed by atoms with Crippen molar-refractivity contribution < 1.29 is 55.7 Å². The van der Waals surface area contributed by atoms with Gasteiger partial charge >= 0.3 is 24.3 Å². The van der Waals surface area contributed by atoms with Crippen molar-refractivity contribution in [3.63, 3.8) is 0 Å². The van der Waals surface area contributed by atoms with E-state index in [9.17, 15) is 31.1 Å². The van der Waals surface area contributed by atoms with Crippen LogP contribution < -0.4 is 0 Å². The largest absolute Gasteiger partial charge is 0.490 e. The molecule has 244 valence electrons. The number of alkyl halides is 6. The Morgan fingerprint density at radius 2 is 1.62 bits per heavy atom. The minimum Gasteiger partial charge on any atom is -0.475 e. The fourth-order valence-electron chi connectivity index (χ4n) is 4.86. The monoisotopic (exact) mass is 661 g/mol. The lowest BCUT2D eigenvalue weighted by molar-refractivity contribution is -0.193. The number of rotatable bonds is 6. The molecule has 0 saturated carbocycles. The lowest BCUT2D eigenvalue weighted by Crippen LogP contribution is -2.60. The van der Waals surface area contributed by atoms with E-state index in [1.807, 2.05) is 23.2 Å². The van der Waals surface area contributed by atoms with Crippen LogP contribution in [-0.2, 0) is 32.1 Å². The number of aromatic nitrogens is 1. The van der Waals surface area contributed by atoms with Crippen LogP contribution in [0.3, 0.4) is 0 Å². The summed E-state index contributed by atoms with van der Waals surface area (Å²) < 4.78 is 69.9. The van der Waals surface area contributed by atoms with Gasteiger partial charge in [0.1, 0.15) is 0 Å². The summed E-state index contributed by atoms with van der Waals surface area (Å²) in [6, 6.07) is 16.7. The van der Waals surface area contributed by atoms with E-state index in [0.29, 0.717) is 26.2 Å². The lowest BCUT2D eigenvalue weighted by atomic mass is 9.83. The Labute approximate surface area is 257 Å². The first-order valence-electron chi connectivity index (χ1n) is 13.3. The average Bonchev–Trinajstić information content (AvgIpc) is 3.64. The number of thiophene rings is 1. The molecule has 2 atom stereocenters. The number of carboxylic acid groups (broad SMARTS) is 2. The molecule has 2 unspecified atom stereocenters. The smallest absolute Gasteiger partial charge is 0.475 e. The van der Waals surface area contributed by atoms with Crippen molar-refractivity contribution in [2.45, 2.75) is 36.8 Å². The van der Waals surface area contributed by atoms with E-state index in [-0.39, 0.29) is 11.8 Å². The molecule has 0 radical (unpaired) electrons. The first-order valence-corrected chi connectivity index (χ1v) is 14.3. The van der Waals surface area contributed by atoms with Crippen molar-refractivity contribution in [2.24, 2.45) is 0 Å². The number of hydrogen-bond donors (Lipinski definition) is 2. The number of carbonyl (C=O) groups is 3. The molecule has 5 rings (SSSR count). The number of carbonyl (C=O) groups excluding carboxylic acids is 1. The molecule has 1 aromatic carbocycles. The Morgan fingerprint density at radius 1 is 0.978 bits per heavy atom. The molecule has 45 heavy (non-hydrogen) atoms. The second-order valence-electron chi connectivity index (χ2n) is 10.0. The maximum absolute atomic E-state index is 13.8. The van der Waals surface area contributed by atoms with Gasteiger partial charge in [0.15, 0.2) is 5.60 Å². The average molecular weight is 662 g/mol. The standard InChI is InChI=1S/C25H27N3O2S.2C2HF3O2/c29-24-25(30-13-12-28(24)16-21-9-14-31-18-21)19-27(11-8-20-5-2-1-3-6-20)17-23(25)22-7-4-10-26-15-22;2*3-2(4,5)1(6)7/h1-7,9-10,14-15,18,23H,8,11-13,16-17,19H2;2*(H,6,7). The van der Waals surface area contributed by atoms with Gasteiger partial charge in [-0.25, -0.2) is 9.59 Å². The highest BCUT2D eigenvalue weighted by atomic mass is 32.1. The third-order valence-electron chi connectivity index (χ3n) is 6.92. The van der Waals surface area contributed by atoms with Crippen molar-refractivity contribution in [2.75, 3.05) is 32.8 Å². The van der Waals surface area contributed by atoms with E-state index < -0.39 is 29.9 Å². The van der Waals surface area contributed by atoms with Gasteiger partial charge in [-0.1, -0.05) is 36.4 Å². The van der Waals surface area contributed by atoms with Crippen molar-refractivity contribution in [1.29, 1.82) is 0 Å². The van der Waals surface area contributed by atoms with Gasteiger partial charge in [0, 0.05) is 51.0 Å². The summed E-state index contributed by atoms with van der Waals surface area (Å²) in [5, 5.41) is 18.4. The Balaban J connectivity index is 0.000000331. The number of likely N-dealkylation sites (tertiary alicyclic amines) is 1. The Bertz CT molecular complexity index is 1370. The van der Waals surface area contributed by atoms with Gasteiger partial charge in [-0.2, -0.15) is 37.7 Å². The van der Waals surface area contributed by atoms with Crippen LogP contribution in [0.2, 0.25) is 0 Å². The quantitative estimate of drug-likeness (QED) is 0.360. The zero-order valence-electron chi connectivity index (χ0n) is 23.5.